The highest BCUT2D eigenvalue weighted by Crippen LogP contribution is 2.56. The van der Waals surface area contributed by atoms with Crippen LogP contribution in [0, 0.1) is 0 Å². The molecule has 0 amide bonds. The lowest BCUT2D eigenvalue weighted by atomic mass is 10.2. The molecular formula is C26H25N2O2P. The molecule has 31 heavy (non-hydrogen) atoms. The number of aliphatic hydroxyl groups excluding tert-OH is 1. The first-order valence-electron chi connectivity index (χ1n) is 10.5. The molecular weight excluding hydrogens is 403 g/mol. The molecule has 3 heterocycles. The standard InChI is InChI=1S/C24H19N2OP.C2H6O/c1-25-19-14-8-6-12-17(19)23-21(25)22-24(18-13-7-9-15-20(18)26(22)2)28(23,27)16-10-4-3-5-11-16;1-2-3/h3-15H,1-2H3;3H,2H2,1H3. The Bertz CT molecular complexity index is 1390. The average molecular weight is 428 g/mol. The van der Waals surface area contributed by atoms with Crippen molar-refractivity contribution in [3.05, 3.63) is 78.9 Å². The quantitative estimate of drug-likeness (QED) is 0.397. The highest BCUT2D eigenvalue weighted by atomic mass is 31.2. The first-order valence-corrected chi connectivity index (χ1v) is 12.2. The molecule has 1 N–H and O–H groups in total. The van der Waals surface area contributed by atoms with Gasteiger partial charge < -0.3 is 18.8 Å². The molecule has 3 aromatic carbocycles. The van der Waals surface area contributed by atoms with Crippen LogP contribution in [0.25, 0.3) is 33.2 Å². The van der Waals surface area contributed by atoms with Gasteiger partial charge in [0.25, 0.3) is 0 Å². The van der Waals surface area contributed by atoms with Crippen molar-refractivity contribution >= 4 is 44.9 Å². The lowest BCUT2D eigenvalue weighted by molar-refractivity contribution is 0.318. The van der Waals surface area contributed by atoms with Crippen LogP contribution in [0.2, 0.25) is 0 Å². The minimum atomic E-state index is -2.99. The van der Waals surface area contributed by atoms with Gasteiger partial charge in [-0.25, -0.2) is 0 Å². The molecule has 0 fully saturated rings. The molecule has 5 heteroatoms. The summed E-state index contributed by atoms with van der Waals surface area (Å²) in [6, 6.07) is 26.6. The molecule has 0 bridgehead atoms. The van der Waals surface area contributed by atoms with E-state index in [1.54, 1.807) is 6.92 Å². The number of hydrogen-bond donors (Lipinski definition) is 1. The van der Waals surface area contributed by atoms with Crippen molar-refractivity contribution in [2.45, 2.75) is 6.92 Å². The number of aromatic nitrogens is 2. The van der Waals surface area contributed by atoms with Gasteiger partial charge in [0.2, 0.25) is 0 Å². The third-order valence-electron chi connectivity index (χ3n) is 6.13. The SMILES string of the molecule is CCO.Cn1c2c(c3ccccc31)P(=O)(c1ccccc1)c1c-2n(C)c2ccccc12. The Balaban J connectivity index is 0.000000646. The van der Waals surface area contributed by atoms with Gasteiger partial charge >= 0.3 is 0 Å². The van der Waals surface area contributed by atoms with E-state index in [1.807, 2.05) is 54.6 Å². The van der Waals surface area contributed by atoms with Crippen molar-refractivity contribution in [2.75, 3.05) is 6.61 Å². The van der Waals surface area contributed by atoms with Crippen LogP contribution in [0.5, 0.6) is 0 Å². The summed E-state index contributed by atoms with van der Waals surface area (Å²) in [7, 11) is 1.18. The minimum Gasteiger partial charge on any atom is -0.397 e. The summed E-state index contributed by atoms with van der Waals surface area (Å²) in [5.41, 5.74) is 4.42. The second kappa shape index (κ2) is 7.26. The molecule has 156 valence electrons. The molecule has 1 aliphatic heterocycles. The summed E-state index contributed by atoms with van der Waals surface area (Å²) >= 11 is 0. The smallest absolute Gasteiger partial charge is 0.176 e. The Hall–Kier alpha value is -3.07. The highest BCUT2D eigenvalue weighted by molar-refractivity contribution is 7.87. The van der Waals surface area contributed by atoms with Crippen LogP contribution < -0.4 is 15.9 Å². The largest absolute Gasteiger partial charge is 0.397 e. The second-order valence-electron chi connectivity index (χ2n) is 7.81. The molecule has 1 aliphatic rings. The van der Waals surface area contributed by atoms with E-state index in [9.17, 15) is 0 Å². The van der Waals surface area contributed by atoms with Gasteiger partial charge in [-0.15, -0.1) is 0 Å². The van der Waals surface area contributed by atoms with E-state index in [4.69, 9.17) is 5.11 Å². The number of nitrogens with zero attached hydrogens (tertiary/aromatic N) is 2. The van der Waals surface area contributed by atoms with Gasteiger partial charge in [0.05, 0.1) is 22.0 Å². The molecule has 4 nitrogen and oxygen atoms in total. The Labute approximate surface area is 181 Å². The molecule has 6 rings (SSSR count). The van der Waals surface area contributed by atoms with Gasteiger partial charge in [-0.05, 0) is 19.1 Å². The summed E-state index contributed by atoms with van der Waals surface area (Å²) < 4.78 is 19.5. The first-order chi connectivity index (χ1) is 15.1. The maximum Gasteiger partial charge on any atom is 0.176 e. The van der Waals surface area contributed by atoms with Gasteiger partial charge in [0, 0.05) is 47.8 Å². The number of fused-ring (bicyclic) bond motifs is 7. The minimum absolute atomic E-state index is 0.250. The van der Waals surface area contributed by atoms with Crippen molar-refractivity contribution < 1.29 is 9.67 Å². The summed E-state index contributed by atoms with van der Waals surface area (Å²) in [5, 5.41) is 12.6. The zero-order valence-electron chi connectivity index (χ0n) is 17.9. The van der Waals surface area contributed by atoms with Crippen LogP contribution in [-0.4, -0.2) is 20.8 Å². The first kappa shape index (κ1) is 19.9. The Kier molecular flexibility index (Phi) is 4.65. The Morgan fingerprint density at radius 1 is 0.710 bits per heavy atom. The van der Waals surface area contributed by atoms with Gasteiger partial charge in [-0.1, -0.05) is 66.7 Å². The molecule has 2 aromatic heterocycles. The van der Waals surface area contributed by atoms with Gasteiger partial charge in [0.15, 0.2) is 7.14 Å². The van der Waals surface area contributed by atoms with Crippen LogP contribution in [-0.2, 0) is 18.7 Å². The van der Waals surface area contributed by atoms with Crippen molar-refractivity contribution in [3.63, 3.8) is 0 Å². The molecule has 0 atom stereocenters. The molecule has 0 radical (unpaired) electrons. The average Bonchev–Trinajstić information content (AvgIpc) is 3.37. The van der Waals surface area contributed by atoms with E-state index < -0.39 is 7.14 Å². The summed E-state index contributed by atoms with van der Waals surface area (Å²) in [5.74, 6) is 0. The fraction of sp³-hybridized carbons (Fsp3) is 0.154. The van der Waals surface area contributed by atoms with E-state index in [1.165, 1.54) is 0 Å². The number of rotatable bonds is 1. The van der Waals surface area contributed by atoms with Crippen LogP contribution in [0.4, 0.5) is 0 Å². The molecule has 5 aromatic rings. The van der Waals surface area contributed by atoms with E-state index in [0.717, 1.165) is 49.1 Å². The van der Waals surface area contributed by atoms with Crippen LogP contribution in [0.15, 0.2) is 78.9 Å². The lowest BCUT2D eigenvalue weighted by Crippen LogP contribution is -2.20. The fourth-order valence-corrected chi connectivity index (χ4v) is 8.43. The fourth-order valence-electron chi connectivity index (χ4n) is 4.93. The number of hydrogen-bond acceptors (Lipinski definition) is 2. The topological polar surface area (TPSA) is 47.2 Å². The zero-order valence-corrected chi connectivity index (χ0v) is 18.8. The predicted octanol–water partition coefficient (Wildman–Crippen LogP) is 4.29. The molecule has 0 saturated heterocycles. The molecule has 0 unspecified atom stereocenters. The van der Waals surface area contributed by atoms with Gasteiger partial charge in [-0.2, -0.15) is 0 Å². The van der Waals surface area contributed by atoms with Crippen LogP contribution in [0.1, 0.15) is 6.92 Å². The van der Waals surface area contributed by atoms with Gasteiger partial charge in [0.1, 0.15) is 0 Å². The lowest BCUT2D eigenvalue weighted by Gasteiger charge is -2.15. The van der Waals surface area contributed by atoms with Crippen molar-refractivity contribution in [1.82, 2.24) is 9.13 Å². The van der Waals surface area contributed by atoms with Crippen molar-refractivity contribution in [1.29, 1.82) is 0 Å². The maximum atomic E-state index is 15.1. The summed E-state index contributed by atoms with van der Waals surface area (Å²) in [4.78, 5) is 0. The van der Waals surface area contributed by atoms with Crippen molar-refractivity contribution in [3.8, 4) is 11.4 Å². The predicted molar refractivity (Wildman–Crippen MR) is 131 cm³/mol. The number of aryl methyl sites for hydroxylation is 2. The highest BCUT2D eigenvalue weighted by Gasteiger charge is 2.47. The normalized spacial score (nSPS) is 13.7. The third kappa shape index (κ3) is 2.56. The molecule has 0 aliphatic carbocycles. The van der Waals surface area contributed by atoms with Crippen LogP contribution in [0.3, 0.4) is 0 Å². The molecule has 0 saturated carbocycles. The summed E-state index contributed by atoms with van der Waals surface area (Å²) in [6.45, 7) is 1.93. The number of benzene rings is 3. The molecule has 0 spiro atoms. The second-order valence-corrected chi connectivity index (χ2v) is 10.4. The van der Waals surface area contributed by atoms with E-state index in [2.05, 4.69) is 47.5 Å². The summed E-state index contributed by atoms with van der Waals surface area (Å²) in [6.07, 6.45) is 0. The van der Waals surface area contributed by atoms with E-state index >= 15 is 4.57 Å². The van der Waals surface area contributed by atoms with E-state index in [0.29, 0.717) is 0 Å². The monoisotopic (exact) mass is 428 g/mol. The van der Waals surface area contributed by atoms with Crippen molar-refractivity contribution in [2.24, 2.45) is 14.1 Å². The number of aliphatic hydroxyl groups is 1. The number of para-hydroxylation sites is 2. The van der Waals surface area contributed by atoms with Crippen LogP contribution >= 0.6 is 7.14 Å². The van der Waals surface area contributed by atoms with Gasteiger partial charge in [-0.3, -0.25) is 0 Å². The zero-order chi connectivity index (χ0) is 21.8. The Morgan fingerprint density at radius 3 is 1.55 bits per heavy atom. The maximum absolute atomic E-state index is 15.1. The van der Waals surface area contributed by atoms with E-state index in [-0.39, 0.29) is 6.61 Å². The third-order valence-corrected chi connectivity index (χ3v) is 9.32. The Morgan fingerprint density at radius 2 is 1.10 bits per heavy atom.